The average Bonchev–Trinajstić information content (AvgIpc) is 2.67. The molecular formula is C16H27N3O2. The Kier molecular flexibility index (Phi) is 6.23. The summed E-state index contributed by atoms with van der Waals surface area (Å²) in [7, 11) is 0. The molecule has 0 fully saturated rings. The predicted octanol–water partition coefficient (Wildman–Crippen LogP) is 2.08. The molecule has 5 heteroatoms. The Labute approximate surface area is 127 Å². The normalized spacial score (nSPS) is 14.8. The zero-order valence-electron chi connectivity index (χ0n) is 13.2. The van der Waals surface area contributed by atoms with Crippen molar-refractivity contribution in [2.45, 2.75) is 65.0 Å². The van der Waals surface area contributed by atoms with Crippen molar-refractivity contribution in [3.05, 3.63) is 17.5 Å². The van der Waals surface area contributed by atoms with Gasteiger partial charge in [-0.15, -0.1) is 0 Å². The standard InChI is InChI=1S/C16H27N3O2/c1-13(2)21-10-6-9-17-16(20)12-19-11-14-7-4-3-5-8-15(14)18-19/h11,13H,3-10,12H2,1-2H3,(H,17,20). The van der Waals surface area contributed by atoms with Crippen LogP contribution in [-0.4, -0.2) is 34.9 Å². The second-order valence-corrected chi connectivity index (χ2v) is 5.98. The Bertz CT molecular complexity index is 431. The van der Waals surface area contributed by atoms with Crippen LogP contribution in [0.15, 0.2) is 6.20 Å². The van der Waals surface area contributed by atoms with Crippen LogP contribution >= 0.6 is 0 Å². The van der Waals surface area contributed by atoms with Crippen molar-refractivity contribution < 1.29 is 9.53 Å². The van der Waals surface area contributed by atoms with Gasteiger partial charge in [0.2, 0.25) is 5.91 Å². The van der Waals surface area contributed by atoms with Gasteiger partial charge in [-0.3, -0.25) is 9.48 Å². The summed E-state index contributed by atoms with van der Waals surface area (Å²) < 4.78 is 7.23. The van der Waals surface area contributed by atoms with E-state index in [-0.39, 0.29) is 12.0 Å². The molecule has 1 aliphatic carbocycles. The van der Waals surface area contributed by atoms with Gasteiger partial charge >= 0.3 is 0 Å². The molecule has 1 amide bonds. The van der Waals surface area contributed by atoms with Crippen LogP contribution in [0.4, 0.5) is 0 Å². The fourth-order valence-electron chi connectivity index (χ4n) is 2.61. The van der Waals surface area contributed by atoms with Gasteiger partial charge in [0, 0.05) is 19.3 Å². The number of nitrogens with zero attached hydrogens (tertiary/aromatic N) is 2. The van der Waals surface area contributed by atoms with Gasteiger partial charge in [0.1, 0.15) is 6.54 Å². The molecule has 0 atom stereocenters. The van der Waals surface area contributed by atoms with Crippen molar-refractivity contribution in [1.82, 2.24) is 15.1 Å². The van der Waals surface area contributed by atoms with Gasteiger partial charge in [0.25, 0.3) is 0 Å². The van der Waals surface area contributed by atoms with Gasteiger partial charge in [-0.2, -0.15) is 5.10 Å². The van der Waals surface area contributed by atoms with Crippen molar-refractivity contribution >= 4 is 5.91 Å². The van der Waals surface area contributed by atoms with Crippen LogP contribution in [-0.2, 0) is 28.9 Å². The number of amides is 1. The lowest BCUT2D eigenvalue weighted by atomic mass is 10.1. The molecule has 1 aliphatic rings. The number of rotatable bonds is 7. The van der Waals surface area contributed by atoms with E-state index in [9.17, 15) is 4.79 Å². The number of aromatic nitrogens is 2. The van der Waals surface area contributed by atoms with Crippen molar-refractivity contribution in [2.24, 2.45) is 0 Å². The zero-order valence-corrected chi connectivity index (χ0v) is 13.2. The first-order valence-electron chi connectivity index (χ1n) is 8.08. The Hall–Kier alpha value is -1.36. The number of nitrogens with one attached hydrogen (secondary N) is 1. The van der Waals surface area contributed by atoms with E-state index in [1.165, 1.54) is 30.5 Å². The lowest BCUT2D eigenvalue weighted by Gasteiger charge is -2.08. The number of fused-ring (bicyclic) bond motifs is 1. The minimum atomic E-state index is 0.0252. The number of ether oxygens (including phenoxy) is 1. The molecule has 1 N–H and O–H groups in total. The van der Waals surface area contributed by atoms with E-state index in [1.54, 1.807) is 4.68 Å². The quantitative estimate of drug-likeness (QED) is 0.618. The van der Waals surface area contributed by atoms with E-state index in [0.29, 0.717) is 19.7 Å². The van der Waals surface area contributed by atoms with Gasteiger partial charge < -0.3 is 10.1 Å². The van der Waals surface area contributed by atoms with Gasteiger partial charge in [0.05, 0.1) is 11.8 Å². The Morgan fingerprint density at radius 2 is 2.19 bits per heavy atom. The molecule has 1 heterocycles. The summed E-state index contributed by atoms with van der Waals surface area (Å²) in [5.74, 6) is 0.0252. The SMILES string of the molecule is CC(C)OCCCNC(=O)Cn1cc2c(n1)CCCCC2. The van der Waals surface area contributed by atoms with E-state index >= 15 is 0 Å². The Balaban J connectivity index is 1.70. The zero-order chi connectivity index (χ0) is 15.1. The molecule has 21 heavy (non-hydrogen) atoms. The van der Waals surface area contributed by atoms with E-state index in [4.69, 9.17) is 4.74 Å². The van der Waals surface area contributed by atoms with Crippen LogP contribution in [0.25, 0.3) is 0 Å². The van der Waals surface area contributed by atoms with Crippen LogP contribution in [0.1, 0.15) is 50.8 Å². The number of aryl methyl sites for hydroxylation is 2. The molecule has 0 saturated carbocycles. The molecule has 0 bridgehead atoms. The molecular weight excluding hydrogens is 266 g/mol. The van der Waals surface area contributed by atoms with Crippen molar-refractivity contribution in [3.63, 3.8) is 0 Å². The highest BCUT2D eigenvalue weighted by Crippen LogP contribution is 2.18. The highest BCUT2D eigenvalue weighted by atomic mass is 16.5. The van der Waals surface area contributed by atoms with Crippen molar-refractivity contribution in [1.29, 1.82) is 0 Å². The van der Waals surface area contributed by atoms with Crippen LogP contribution < -0.4 is 5.32 Å². The molecule has 0 aliphatic heterocycles. The number of carbonyl (C=O) groups excluding carboxylic acids is 1. The molecule has 0 spiro atoms. The second-order valence-electron chi connectivity index (χ2n) is 5.98. The molecule has 0 radical (unpaired) electrons. The number of hydrogen-bond acceptors (Lipinski definition) is 3. The first-order chi connectivity index (χ1) is 10.1. The number of carbonyl (C=O) groups is 1. The van der Waals surface area contributed by atoms with Crippen molar-refractivity contribution in [3.8, 4) is 0 Å². The smallest absolute Gasteiger partial charge is 0.241 e. The third-order valence-corrected chi connectivity index (χ3v) is 3.68. The lowest BCUT2D eigenvalue weighted by molar-refractivity contribution is -0.121. The summed E-state index contributed by atoms with van der Waals surface area (Å²) in [6.45, 7) is 5.69. The third kappa shape index (κ3) is 5.50. The maximum atomic E-state index is 11.9. The summed E-state index contributed by atoms with van der Waals surface area (Å²) in [4.78, 5) is 11.9. The minimum absolute atomic E-state index is 0.0252. The molecule has 2 rings (SSSR count). The van der Waals surface area contributed by atoms with Crippen LogP contribution in [0.3, 0.4) is 0 Å². The summed E-state index contributed by atoms with van der Waals surface area (Å²) in [6.07, 6.45) is 9.03. The summed E-state index contributed by atoms with van der Waals surface area (Å²) in [5, 5.41) is 7.47. The fourth-order valence-corrected chi connectivity index (χ4v) is 2.61. The van der Waals surface area contributed by atoms with E-state index < -0.39 is 0 Å². The average molecular weight is 293 g/mol. The van der Waals surface area contributed by atoms with Gasteiger partial charge in [-0.25, -0.2) is 0 Å². The minimum Gasteiger partial charge on any atom is -0.379 e. The van der Waals surface area contributed by atoms with E-state index in [0.717, 1.165) is 19.3 Å². The lowest BCUT2D eigenvalue weighted by Crippen LogP contribution is -2.29. The van der Waals surface area contributed by atoms with Gasteiger partial charge in [-0.1, -0.05) is 6.42 Å². The molecule has 1 aromatic rings. The van der Waals surface area contributed by atoms with Crippen LogP contribution in [0, 0.1) is 0 Å². The predicted molar refractivity (Wildman–Crippen MR) is 82.2 cm³/mol. The van der Waals surface area contributed by atoms with Crippen LogP contribution in [0.2, 0.25) is 0 Å². The first kappa shape index (κ1) is 16.0. The maximum Gasteiger partial charge on any atom is 0.241 e. The van der Waals surface area contributed by atoms with E-state index in [1.807, 2.05) is 20.0 Å². The molecule has 118 valence electrons. The topological polar surface area (TPSA) is 56.1 Å². The van der Waals surface area contributed by atoms with E-state index in [2.05, 4.69) is 10.4 Å². The van der Waals surface area contributed by atoms with Crippen molar-refractivity contribution in [2.75, 3.05) is 13.2 Å². The Morgan fingerprint density at radius 3 is 3.00 bits per heavy atom. The third-order valence-electron chi connectivity index (χ3n) is 3.68. The monoisotopic (exact) mass is 293 g/mol. The van der Waals surface area contributed by atoms with Gasteiger partial charge in [-0.05, 0) is 51.5 Å². The molecule has 0 unspecified atom stereocenters. The molecule has 1 aromatic heterocycles. The largest absolute Gasteiger partial charge is 0.379 e. The maximum absolute atomic E-state index is 11.9. The highest BCUT2D eigenvalue weighted by molar-refractivity contribution is 5.75. The van der Waals surface area contributed by atoms with Gasteiger partial charge in [0.15, 0.2) is 0 Å². The van der Waals surface area contributed by atoms with Crippen LogP contribution in [0.5, 0.6) is 0 Å². The summed E-state index contributed by atoms with van der Waals surface area (Å²) >= 11 is 0. The molecule has 5 nitrogen and oxygen atoms in total. The fraction of sp³-hybridized carbons (Fsp3) is 0.750. The second kappa shape index (κ2) is 8.17. The highest BCUT2D eigenvalue weighted by Gasteiger charge is 2.13. The summed E-state index contributed by atoms with van der Waals surface area (Å²) in [6, 6.07) is 0. The molecule has 0 aromatic carbocycles. The number of hydrogen-bond donors (Lipinski definition) is 1. The summed E-state index contributed by atoms with van der Waals surface area (Å²) in [5.41, 5.74) is 2.51. The Morgan fingerprint density at radius 1 is 1.38 bits per heavy atom. The molecule has 0 saturated heterocycles. The first-order valence-corrected chi connectivity index (χ1v) is 8.08.